The smallest absolute Gasteiger partial charge is 0.222 e. The predicted molar refractivity (Wildman–Crippen MR) is 90.9 cm³/mol. The Hall–Kier alpha value is -2.18. The fraction of sp³-hybridized carbons (Fsp3) is 0.647. The maximum absolute atomic E-state index is 12.4. The Balaban J connectivity index is 1.36. The van der Waals surface area contributed by atoms with Gasteiger partial charge in [0.1, 0.15) is 5.82 Å². The maximum Gasteiger partial charge on any atom is 0.222 e. The molecule has 24 heavy (non-hydrogen) atoms. The number of hydrogen-bond donors (Lipinski definition) is 0. The first-order valence-corrected chi connectivity index (χ1v) is 8.81. The van der Waals surface area contributed by atoms with E-state index in [9.17, 15) is 4.79 Å². The maximum atomic E-state index is 12.4. The van der Waals surface area contributed by atoms with Crippen LogP contribution in [0, 0.1) is 12.8 Å². The molecule has 1 saturated carbocycles. The summed E-state index contributed by atoms with van der Waals surface area (Å²) in [7, 11) is 1.94. The van der Waals surface area contributed by atoms with Gasteiger partial charge in [-0.1, -0.05) is 12.8 Å². The summed E-state index contributed by atoms with van der Waals surface area (Å²) < 4.78 is 1.76. The van der Waals surface area contributed by atoms with E-state index >= 15 is 0 Å². The number of hydrogen-bond acceptors (Lipinski definition) is 5. The van der Waals surface area contributed by atoms with Crippen LogP contribution in [0.5, 0.6) is 0 Å². The van der Waals surface area contributed by atoms with Gasteiger partial charge in [-0.3, -0.25) is 4.79 Å². The lowest BCUT2D eigenvalue weighted by Gasteiger charge is -2.44. The molecular formula is C17H24N6O. The summed E-state index contributed by atoms with van der Waals surface area (Å²) in [5.41, 5.74) is 0.761. The first kappa shape index (κ1) is 15.4. The molecule has 0 bridgehead atoms. The van der Waals surface area contributed by atoms with Gasteiger partial charge in [-0.2, -0.15) is 4.52 Å². The quantitative estimate of drug-likeness (QED) is 0.854. The van der Waals surface area contributed by atoms with Crippen LogP contribution in [0.3, 0.4) is 0 Å². The molecular weight excluding hydrogens is 304 g/mol. The topological polar surface area (TPSA) is 66.6 Å². The summed E-state index contributed by atoms with van der Waals surface area (Å²) >= 11 is 0. The van der Waals surface area contributed by atoms with Crippen LogP contribution in [0.1, 0.15) is 37.9 Å². The zero-order valence-electron chi connectivity index (χ0n) is 14.4. The number of aromatic nitrogens is 4. The molecule has 4 rings (SSSR count). The molecule has 2 aliphatic rings. The molecule has 0 atom stereocenters. The number of likely N-dealkylation sites (N-methyl/N-ethyl adjacent to an activating group) is 1. The molecule has 1 saturated heterocycles. The largest absolute Gasteiger partial charge is 0.351 e. The number of aryl methyl sites for hydroxylation is 1. The number of carbonyl (C=O) groups excluding carboxylic acids is 1. The molecule has 0 spiro atoms. The van der Waals surface area contributed by atoms with Gasteiger partial charge in [0.2, 0.25) is 5.91 Å². The molecule has 2 aromatic rings. The second kappa shape index (κ2) is 6.03. The van der Waals surface area contributed by atoms with Gasteiger partial charge >= 0.3 is 0 Å². The summed E-state index contributed by atoms with van der Waals surface area (Å²) in [6, 6.07) is 4.20. The van der Waals surface area contributed by atoms with Crippen molar-refractivity contribution in [1.29, 1.82) is 0 Å². The lowest BCUT2D eigenvalue weighted by Crippen LogP contribution is -2.60. The Labute approximate surface area is 141 Å². The zero-order chi connectivity index (χ0) is 16.7. The van der Waals surface area contributed by atoms with Gasteiger partial charge in [0, 0.05) is 26.6 Å². The van der Waals surface area contributed by atoms with E-state index in [-0.39, 0.29) is 0 Å². The number of amides is 1. The summed E-state index contributed by atoms with van der Waals surface area (Å²) in [5.74, 6) is 2.60. The highest BCUT2D eigenvalue weighted by atomic mass is 16.2. The third kappa shape index (κ3) is 2.72. The molecule has 0 radical (unpaired) electrons. The van der Waals surface area contributed by atoms with E-state index in [0.717, 1.165) is 36.8 Å². The molecule has 0 aromatic carbocycles. The average Bonchev–Trinajstić information content (AvgIpc) is 3.16. The fourth-order valence-electron chi connectivity index (χ4n) is 3.75. The lowest BCUT2D eigenvalue weighted by molar-refractivity contribution is -0.133. The second-order valence-electron chi connectivity index (χ2n) is 7.13. The Morgan fingerprint density at radius 3 is 2.75 bits per heavy atom. The van der Waals surface area contributed by atoms with Crippen molar-refractivity contribution in [1.82, 2.24) is 24.7 Å². The van der Waals surface area contributed by atoms with Gasteiger partial charge in [0.15, 0.2) is 11.5 Å². The molecule has 2 aromatic heterocycles. The van der Waals surface area contributed by atoms with E-state index < -0.39 is 0 Å². The third-order valence-electron chi connectivity index (χ3n) is 5.47. The van der Waals surface area contributed by atoms with Crippen LogP contribution >= 0.6 is 0 Å². The molecule has 1 amide bonds. The fourth-order valence-corrected chi connectivity index (χ4v) is 3.75. The van der Waals surface area contributed by atoms with E-state index in [1.165, 1.54) is 25.7 Å². The normalized spacial score (nSPS) is 19.0. The molecule has 7 nitrogen and oxygen atoms in total. The summed E-state index contributed by atoms with van der Waals surface area (Å²) in [5, 5.41) is 12.7. The molecule has 2 fully saturated rings. The van der Waals surface area contributed by atoms with Crippen LogP contribution in [0.4, 0.5) is 5.82 Å². The van der Waals surface area contributed by atoms with Gasteiger partial charge in [-0.15, -0.1) is 15.3 Å². The van der Waals surface area contributed by atoms with Crippen LogP contribution < -0.4 is 4.90 Å². The Morgan fingerprint density at radius 2 is 2.00 bits per heavy atom. The highest BCUT2D eigenvalue weighted by Gasteiger charge is 2.34. The molecule has 0 N–H and O–H groups in total. The average molecular weight is 328 g/mol. The third-order valence-corrected chi connectivity index (χ3v) is 5.47. The summed E-state index contributed by atoms with van der Waals surface area (Å²) in [6.07, 6.45) is 5.74. The number of rotatable bonds is 4. The highest BCUT2D eigenvalue weighted by molar-refractivity contribution is 5.77. The Morgan fingerprint density at radius 1 is 1.25 bits per heavy atom. The molecule has 7 heteroatoms. The Bertz CT molecular complexity index is 745. The van der Waals surface area contributed by atoms with Crippen LogP contribution in [0.2, 0.25) is 0 Å². The zero-order valence-corrected chi connectivity index (χ0v) is 14.4. The molecule has 3 heterocycles. The van der Waals surface area contributed by atoms with E-state index in [1.54, 1.807) is 4.52 Å². The highest BCUT2D eigenvalue weighted by Crippen LogP contribution is 2.29. The van der Waals surface area contributed by atoms with Crippen LogP contribution in [0.25, 0.3) is 5.65 Å². The van der Waals surface area contributed by atoms with Crippen LogP contribution in [-0.4, -0.2) is 56.8 Å². The van der Waals surface area contributed by atoms with Crippen molar-refractivity contribution < 1.29 is 4.79 Å². The number of carbonyl (C=O) groups is 1. The van der Waals surface area contributed by atoms with Crippen molar-refractivity contribution in [2.24, 2.45) is 5.92 Å². The lowest BCUT2D eigenvalue weighted by atomic mass is 10.0. The standard InChI is InChI=1S/C17H24N6O/c1-12-18-19-15-7-8-16(20-23(12)15)22-10-14(11-22)21(2)17(24)9-13-5-3-4-6-13/h7-8,13-14H,3-6,9-11H2,1-2H3. The Kier molecular flexibility index (Phi) is 3.86. The van der Waals surface area contributed by atoms with Crippen molar-refractivity contribution in [3.8, 4) is 0 Å². The van der Waals surface area contributed by atoms with Crippen LogP contribution in [-0.2, 0) is 4.79 Å². The number of anilines is 1. The molecule has 1 aliphatic heterocycles. The van der Waals surface area contributed by atoms with Gasteiger partial charge in [0.25, 0.3) is 0 Å². The van der Waals surface area contributed by atoms with Crippen molar-refractivity contribution in [3.05, 3.63) is 18.0 Å². The predicted octanol–water partition coefficient (Wildman–Crippen LogP) is 1.66. The van der Waals surface area contributed by atoms with Gasteiger partial charge < -0.3 is 9.80 Å². The van der Waals surface area contributed by atoms with Gasteiger partial charge in [-0.05, 0) is 37.8 Å². The van der Waals surface area contributed by atoms with E-state index in [2.05, 4.69) is 20.2 Å². The minimum atomic E-state index is 0.290. The SMILES string of the molecule is Cc1nnc2ccc(N3CC(N(C)C(=O)CC4CCCC4)C3)nn12. The second-order valence-corrected chi connectivity index (χ2v) is 7.13. The van der Waals surface area contributed by atoms with Crippen LogP contribution in [0.15, 0.2) is 12.1 Å². The summed E-state index contributed by atoms with van der Waals surface area (Å²) in [6.45, 7) is 3.57. The van der Waals surface area contributed by atoms with E-state index in [0.29, 0.717) is 17.9 Å². The summed E-state index contributed by atoms with van der Waals surface area (Å²) in [4.78, 5) is 16.6. The van der Waals surface area contributed by atoms with Gasteiger partial charge in [-0.25, -0.2) is 0 Å². The molecule has 0 unspecified atom stereocenters. The first-order valence-electron chi connectivity index (χ1n) is 8.81. The van der Waals surface area contributed by atoms with Crippen molar-refractivity contribution in [2.75, 3.05) is 25.0 Å². The van der Waals surface area contributed by atoms with Crippen molar-refractivity contribution >= 4 is 17.4 Å². The number of nitrogens with zero attached hydrogens (tertiary/aromatic N) is 6. The van der Waals surface area contributed by atoms with Crippen molar-refractivity contribution in [2.45, 2.75) is 45.1 Å². The minimum Gasteiger partial charge on any atom is -0.351 e. The molecule has 128 valence electrons. The first-order chi connectivity index (χ1) is 11.6. The van der Waals surface area contributed by atoms with Crippen molar-refractivity contribution in [3.63, 3.8) is 0 Å². The van der Waals surface area contributed by atoms with E-state index in [1.807, 2.05) is 31.0 Å². The molecule has 1 aliphatic carbocycles. The van der Waals surface area contributed by atoms with E-state index in [4.69, 9.17) is 0 Å². The number of fused-ring (bicyclic) bond motifs is 1. The monoisotopic (exact) mass is 328 g/mol. The minimum absolute atomic E-state index is 0.290. The van der Waals surface area contributed by atoms with Gasteiger partial charge in [0.05, 0.1) is 6.04 Å².